The van der Waals surface area contributed by atoms with E-state index >= 15 is 0 Å². The van der Waals surface area contributed by atoms with Crippen LogP contribution in [0.2, 0.25) is 0 Å². The minimum atomic E-state index is -0.0301. The first-order valence-corrected chi connectivity index (χ1v) is 9.04. The molecule has 0 radical (unpaired) electrons. The van der Waals surface area contributed by atoms with Crippen LogP contribution >= 0.6 is 0 Å². The number of hydrogen-bond donors (Lipinski definition) is 1. The zero-order chi connectivity index (χ0) is 16.8. The second-order valence-corrected chi connectivity index (χ2v) is 6.97. The SMILES string of the molecule is C[C@@H]1CCN(CCOc2ccc(NC(=O)[C@@H]3CCCOC3)cc2)C1. The van der Waals surface area contributed by atoms with Crippen molar-refractivity contribution in [1.29, 1.82) is 0 Å². The minimum absolute atomic E-state index is 0.0301. The Labute approximate surface area is 144 Å². The fourth-order valence-corrected chi connectivity index (χ4v) is 3.35. The molecule has 2 aliphatic heterocycles. The van der Waals surface area contributed by atoms with E-state index in [1.165, 1.54) is 19.5 Å². The molecule has 0 spiro atoms. The summed E-state index contributed by atoms with van der Waals surface area (Å²) in [7, 11) is 0. The summed E-state index contributed by atoms with van der Waals surface area (Å²) < 4.78 is 11.2. The van der Waals surface area contributed by atoms with Crippen LogP contribution in [0, 0.1) is 11.8 Å². The molecule has 5 heteroatoms. The van der Waals surface area contributed by atoms with Crippen molar-refractivity contribution in [2.75, 3.05) is 44.8 Å². The van der Waals surface area contributed by atoms with Gasteiger partial charge in [-0.05, 0) is 56.0 Å². The van der Waals surface area contributed by atoms with Crippen LogP contribution in [-0.4, -0.2) is 50.3 Å². The van der Waals surface area contributed by atoms with Gasteiger partial charge in [0.2, 0.25) is 5.91 Å². The van der Waals surface area contributed by atoms with Crippen LogP contribution in [0.1, 0.15) is 26.2 Å². The topological polar surface area (TPSA) is 50.8 Å². The molecule has 0 unspecified atom stereocenters. The van der Waals surface area contributed by atoms with E-state index in [0.29, 0.717) is 13.2 Å². The number of carbonyl (C=O) groups excluding carboxylic acids is 1. The first kappa shape index (κ1) is 17.2. The molecule has 132 valence electrons. The molecule has 1 N–H and O–H groups in total. The van der Waals surface area contributed by atoms with Crippen LogP contribution in [-0.2, 0) is 9.53 Å². The lowest BCUT2D eigenvalue weighted by Gasteiger charge is -2.21. The van der Waals surface area contributed by atoms with E-state index in [9.17, 15) is 4.79 Å². The first-order chi connectivity index (χ1) is 11.7. The van der Waals surface area contributed by atoms with Crippen LogP contribution in [0.15, 0.2) is 24.3 Å². The highest BCUT2D eigenvalue weighted by molar-refractivity contribution is 5.92. The van der Waals surface area contributed by atoms with E-state index in [4.69, 9.17) is 9.47 Å². The third-order valence-electron chi connectivity index (χ3n) is 4.84. The number of nitrogens with one attached hydrogen (secondary N) is 1. The van der Waals surface area contributed by atoms with Crippen molar-refractivity contribution in [3.8, 4) is 5.75 Å². The predicted molar refractivity (Wildman–Crippen MR) is 94.3 cm³/mol. The Hall–Kier alpha value is -1.59. The van der Waals surface area contributed by atoms with E-state index in [0.717, 1.165) is 43.3 Å². The number of anilines is 1. The standard InChI is InChI=1S/C19H28N2O3/c1-15-8-9-21(13-15)10-12-24-18-6-4-17(5-7-18)20-19(22)16-3-2-11-23-14-16/h4-7,15-16H,2-3,8-14H2,1H3,(H,20,22)/t15-,16-/m1/s1. The third kappa shape index (κ3) is 4.95. The van der Waals surface area contributed by atoms with Crippen molar-refractivity contribution in [3.63, 3.8) is 0 Å². The predicted octanol–water partition coefficient (Wildman–Crippen LogP) is 2.77. The van der Waals surface area contributed by atoms with E-state index in [-0.39, 0.29) is 11.8 Å². The average Bonchev–Trinajstić information content (AvgIpc) is 3.02. The summed E-state index contributed by atoms with van der Waals surface area (Å²) in [4.78, 5) is 14.6. The number of carbonyl (C=O) groups is 1. The summed E-state index contributed by atoms with van der Waals surface area (Å²) in [5, 5.41) is 2.96. The van der Waals surface area contributed by atoms with Gasteiger partial charge in [-0.25, -0.2) is 0 Å². The Kier molecular flexibility index (Phi) is 6.10. The molecule has 5 nitrogen and oxygen atoms in total. The highest BCUT2D eigenvalue weighted by Crippen LogP contribution is 2.20. The molecule has 1 aromatic rings. The number of amides is 1. The Morgan fingerprint density at radius 1 is 1.33 bits per heavy atom. The molecule has 24 heavy (non-hydrogen) atoms. The number of nitrogens with zero attached hydrogens (tertiary/aromatic N) is 1. The molecule has 2 heterocycles. The number of hydrogen-bond acceptors (Lipinski definition) is 4. The van der Waals surface area contributed by atoms with Crippen molar-refractivity contribution >= 4 is 11.6 Å². The minimum Gasteiger partial charge on any atom is -0.492 e. The lowest BCUT2D eigenvalue weighted by molar-refractivity contribution is -0.123. The van der Waals surface area contributed by atoms with Gasteiger partial charge >= 0.3 is 0 Å². The Morgan fingerprint density at radius 2 is 2.17 bits per heavy atom. The summed E-state index contributed by atoms with van der Waals surface area (Å²) in [5.74, 6) is 1.67. The molecule has 2 saturated heterocycles. The Bertz CT molecular complexity index is 526. The third-order valence-corrected chi connectivity index (χ3v) is 4.84. The molecule has 0 aliphatic carbocycles. The smallest absolute Gasteiger partial charge is 0.229 e. The first-order valence-electron chi connectivity index (χ1n) is 9.04. The van der Waals surface area contributed by atoms with Crippen molar-refractivity contribution in [2.45, 2.75) is 26.2 Å². The van der Waals surface area contributed by atoms with Crippen LogP contribution in [0.5, 0.6) is 5.75 Å². The van der Waals surface area contributed by atoms with E-state index in [1.807, 2.05) is 24.3 Å². The summed E-state index contributed by atoms with van der Waals surface area (Å²) in [6, 6.07) is 7.63. The maximum absolute atomic E-state index is 12.2. The summed E-state index contributed by atoms with van der Waals surface area (Å²) >= 11 is 0. The molecule has 0 bridgehead atoms. The molecular weight excluding hydrogens is 304 g/mol. The molecule has 2 fully saturated rings. The van der Waals surface area contributed by atoms with Gasteiger partial charge in [-0.1, -0.05) is 6.92 Å². The summed E-state index contributed by atoms with van der Waals surface area (Å²) in [6.45, 7) is 7.64. The molecule has 1 aromatic carbocycles. The van der Waals surface area contributed by atoms with Gasteiger partial charge in [-0.3, -0.25) is 9.69 Å². The van der Waals surface area contributed by atoms with Gasteiger partial charge in [0.1, 0.15) is 12.4 Å². The fourth-order valence-electron chi connectivity index (χ4n) is 3.35. The van der Waals surface area contributed by atoms with Gasteiger partial charge in [-0.15, -0.1) is 0 Å². The maximum Gasteiger partial charge on any atom is 0.229 e. The normalized spacial score (nSPS) is 24.7. The Morgan fingerprint density at radius 3 is 2.83 bits per heavy atom. The average molecular weight is 332 g/mol. The molecule has 3 rings (SSSR count). The van der Waals surface area contributed by atoms with Crippen molar-refractivity contribution in [3.05, 3.63) is 24.3 Å². The van der Waals surface area contributed by atoms with Crippen molar-refractivity contribution in [2.24, 2.45) is 11.8 Å². The fraction of sp³-hybridized carbons (Fsp3) is 0.632. The van der Waals surface area contributed by atoms with Crippen LogP contribution < -0.4 is 10.1 Å². The second-order valence-electron chi connectivity index (χ2n) is 6.97. The van der Waals surface area contributed by atoms with Gasteiger partial charge < -0.3 is 14.8 Å². The number of rotatable bonds is 6. The van der Waals surface area contributed by atoms with E-state index in [2.05, 4.69) is 17.1 Å². The summed E-state index contributed by atoms with van der Waals surface area (Å²) in [6.07, 6.45) is 3.16. The molecular formula is C19H28N2O3. The largest absolute Gasteiger partial charge is 0.492 e. The second kappa shape index (κ2) is 8.49. The maximum atomic E-state index is 12.2. The van der Waals surface area contributed by atoms with Crippen LogP contribution in [0.3, 0.4) is 0 Å². The summed E-state index contributed by atoms with van der Waals surface area (Å²) in [5.41, 5.74) is 0.811. The lowest BCUT2D eigenvalue weighted by atomic mass is 10.0. The van der Waals surface area contributed by atoms with Crippen molar-refractivity contribution < 1.29 is 14.3 Å². The highest BCUT2D eigenvalue weighted by Gasteiger charge is 2.21. The zero-order valence-electron chi connectivity index (χ0n) is 14.5. The van der Waals surface area contributed by atoms with Gasteiger partial charge in [0.15, 0.2) is 0 Å². The van der Waals surface area contributed by atoms with E-state index < -0.39 is 0 Å². The quantitative estimate of drug-likeness (QED) is 0.870. The zero-order valence-corrected chi connectivity index (χ0v) is 14.5. The van der Waals surface area contributed by atoms with Crippen molar-refractivity contribution in [1.82, 2.24) is 4.90 Å². The van der Waals surface area contributed by atoms with Gasteiger partial charge in [0.05, 0.1) is 12.5 Å². The van der Waals surface area contributed by atoms with Crippen LogP contribution in [0.25, 0.3) is 0 Å². The number of ether oxygens (including phenoxy) is 2. The number of benzene rings is 1. The molecule has 2 atom stereocenters. The molecule has 2 aliphatic rings. The molecule has 0 saturated carbocycles. The molecule has 1 amide bonds. The van der Waals surface area contributed by atoms with Crippen LogP contribution in [0.4, 0.5) is 5.69 Å². The van der Waals surface area contributed by atoms with E-state index in [1.54, 1.807) is 0 Å². The van der Waals surface area contributed by atoms with Gasteiger partial charge in [0, 0.05) is 25.4 Å². The Balaban J connectivity index is 1.40. The van der Waals surface area contributed by atoms with Gasteiger partial charge in [0.25, 0.3) is 0 Å². The highest BCUT2D eigenvalue weighted by atomic mass is 16.5. The molecule has 0 aromatic heterocycles. The van der Waals surface area contributed by atoms with Gasteiger partial charge in [-0.2, -0.15) is 0 Å². The lowest BCUT2D eigenvalue weighted by Crippen LogP contribution is -2.30. The monoisotopic (exact) mass is 332 g/mol. The number of likely N-dealkylation sites (tertiary alicyclic amines) is 1.